The Bertz CT molecular complexity index is 1230. The van der Waals surface area contributed by atoms with E-state index in [2.05, 4.69) is 4.84 Å². The van der Waals surface area contributed by atoms with Gasteiger partial charge >= 0.3 is 17.9 Å². The molecule has 0 amide bonds. The first-order chi connectivity index (χ1) is 15.5. The van der Waals surface area contributed by atoms with E-state index < -0.39 is 46.6 Å². The van der Waals surface area contributed by atoms with Gasteiger partial charge < -0.3 is 14.2 Å². The molecule has 1 aliphatic rings. The van der Waals surface area contributed by atoms with Crippen molar-refractivity contribution in [3.63, 3.8) is 0 Å². The van der Waals surface area contributed by atoms with Gasteiger partial charge in [0.15, 0.2) is 5.78 Å². The van der Waals surface area contributed by atoms with Crippen molar-refractivity contribution in [3.8, 4) is 11.5 Å². The van der Waals surface area contributed by atoms with Crippen molar-refractivity contribution in [3.05, 3.63) is 68.3 Å². The number of esters is 3. The molecule has 0 aromatic heterocycles. The highest BCUT2D eigenvalue weighted by Gasteiger charge is 2.37. The van der Waals surface area contributed by atoms with Gasteiger partial charge in [0, 0.05) is 25.0 Å². The fourth-order valence-electron chi connectivity index (χ4n) is 3.21. The largest absolute Gasteiger partial charge is 0.432 e. The van der Waals surface area contributed by atoms with Gasteiger partial charge in [-0.05, 0) is 25.1 Å². The molecule has 12 nitrogen and oxygen atoms in total. The summed E-state index contributed by atoms with van der Waals surface area (Å²) in [5, 5.41) is 9.25. The summed E-state index contributed by atoms with van der Waals surface area (Å²) in [6.45, 7) is 3.25. The van der Waals surface area contributed by atoms with E-state index in [0.717, 1.165) is 32.9 Å². The Balaban J connectivity index is 2.14. The Morgan fingerprint density at radius 3 is 2.12 bits per heavy atom. The number of rotatable bonds is 6. The SMILES string of the molecule is CC(=O)Oc1cccc2c1C(=O)c1c(OC(C)=O)cc(C(=O)OC(C)O[N+](=O)[O-])cc1C2=O. The van der Waals surface area contributed by atoms with Crippen LogP contribution in [0.3, 0.4) is 0 Å². The predicted octanol–water partition coefficient (Wildman–Crippen LogP) is 2.02. The summed E-state index contributed by atoms with van der Waals surface area (Å²) in [5.41, 5.74) is -1.24. The van der Waals surface area contributed by atoms with Gasteiger partial charge in [0.25, 0.3) is 5.09 Å². The molecular formula is C21H15NO11. The fourth-order valence-corrected chi connectivity index (χ4v) is 3.21. The Morgan fingerprint density at radius 1 is 0.909 bits per heavy atom. The number of nitrogens with zero attached hydrogens (tertiary/aromatic N) is 1. The third-order valence-corrected chi connectivity index (χ3v) is 4.32. The van der Waals surface area contributed by atoms with Crippen molar-refractivity contribution in [2.24, 2.45) is 0 Å². The van der Waals surface area contributed by atoms with Crippen LogP contribution in [0.5, 0.6) is 11.5 Å². The van der Waals surface area contributed by atoms with E-state index >= 15 is 0 Å². The molecule has 170 valence electrons. The van der Waals surface area contributed by atoms with Crippen LogP contribution in [0.15, 0.2) is 30.3 Å². The molecule has 0 aliphatic heterocycles. The van der Waals surface area contributed by atoms with Crippen molar-refractivity contribution in [2.45, 2.75) is 27.1 Å². The maximum atomic E-state index is 13.3. The average molecular weight is 457 g/mol. The molecule has 0 radical (unpaired) electrons. The van der Waals surface area contributed by atoms with E-state index in [0.29, 0.717) is 0 Å². The summed E-state index contributed by atoms with van der Waals surface area (Å²) >= 11 is 0. The number of ketones is 2. The highest BCUT2D eigenvalue weighted by atomic mass is 17.0. The standard InChI is InChI=1S/C21H15NO11/c1-9(23)30-15-6-4-5-13-17(15)20(26)18-14(19(13)25)7-12(8-16(18)31-10(2)24)21(27)32-11(3)33-22(28)29/h4-8,11H,1-3H3. The van der Waals surface area contributed by atoms with E-state index in [1.54, 1.807) is 0 Å². The molecule has 1 unspecified atom stereocenters. The molecule has 0 saturated carbocycles. The van der Waals surface area contributed by atoms with Crippen LogP contribution in [-0.2, 0) is 19.2 Å². The van der Waals surface area contributed by atoms with Gasteiger partial charge in [-0.1, -0.05) is 12.1 Å². The summed E-state index contributed by atoms with van der Waals surface area (Å²) in [4.78, 5) is 76.5. The van der Waals surface area contributed by atoms with Gasteiger partial charge in [0.1, 0.15) is 11.5 Å². The maximum Gasteiger partial charge on any atom is 0.340 e. The van der Waals surface area contributed by atoms with Crippen molar-refractivity contribution >= 4 is 29.5 Å². The Hall–Kier alpha value is -4.61. The molecule has 2 aromatic carbocycles. The molecule has 1 aliphatic carbocycles. The third-order valence-electron chi connectivity index (χ3n) is 4.32. The number of hydrogen-bond donors (Lipinski definition) is 0. The lowest BCUT2D eigenvalue weighted by molar-refractivity contribution is -0.777. The van der Waals surface area contributed by atoms with E-state index in [-0.39, 0.29) is 33.6 Å². The van der Waals surface area contributed by atoms with Crippen LogP contribution in [0.1, 0.15) is 63.0 Å². The summed E-state index contributed by atoms with van der Waals surface area (Å²) < 4.78 is 14.9. The van der Waals surface area contributed by atoms with E-state index in [9.17, 15) is 34.1 Å². The monoisotopic (exact) mass is 457 g/mol. The minimum atomic E-state index is -1.58. The summed E-state index contributed by atoms with van der Waals surface area (Å²) in [6.07, 6.45) is -1.58. The van der Waals surface area contributed by atoms with Crippen LogP contribution in [-0.4, -0.2) is 40.9 Å². The minimum Gasteiger partial charge on any atom is -0.432 e. The van der Waals surface area contributed by atoms with E-state index in [1.807, 2.05) is 0 Å². The van der Waals surface area contributed by atoms with Crippen LogP contribution < -0.4 is 9.47 Å². The lowest BCUT2D eigenvalue weighted by atomic mass is 9.82. The first-order valence-electron chi connectivity index (χ1n) is 9.29. The highest BCUT2D eigenvalue weighted by Crippen LogP contribution is 2.38. The number of carbonyl (C=O) groups is 5. The second kappa shape index (κ2) is 8.86. The van der Waals surface area contributed by atoms with Crippen molar-refractivity contribution < 1.29 is 48.1 Å². The van der Waals surface area contributed by atoms with Gasteiger partial charge in [-0.15, -0.1) is 10.1 Å². The minimum absolute atomic E-state index is 0.101. The molecule has 0 fully saturated rings. The summed E-state index contributed by atoms with van der Waals surface area (Å²) in [7, 11) is 0. The lowest BCUT2D eigenvalue weighted by Gasteiger charge is -2.22. The molecule has 0 spiro atoms. The smallest absolute Gasteiger partial charge is 0.340 e. The Kier molecular flexibility index (Phi) is 6.19. The zero-order valence-corrected chi connectivity index (χ0v) is 17.4. The van der Waals surface area contributed by atoms with Crippen LogP contribution in [0, 0.1) is 10.1 Å². The zero-order chi connectivity index (χ0) is 24.4. The topological polar surface area (TPSA) is 165 Å². The average Bonchev–Trinajstić information content (AvgIpc) is 2.69. The lowest BCUT2D eigenvalue weighted by Crippen LogP contribution is -2.25. The molecule has 0 bridgehead atoms. The molecule has 3 rings (SSSR count). The molecule has 2 aromatic rings. The highest BCUT2D eigenvalue weighted by molar-refractivity contribution is 6.30. The molecule has 0 N–H and O–H groups in total. The van der Waals surface area contributed by atoms with Crippen molar-refractivity contribution in [1.82, 2.24) is 0 Å². The predicted molar refractivity (Wildman–Crippen MR) is 105 cm³/mol. The second-order valence-electron chi connectivity index (χ2n) is 6.72. The number of hydrogen-bond acceptors (Lipinski definition) is 11. The zero-order valence-electron chi connectivity index (χ0n) is 17.4. The normalized spacial score (nSPS) is 12.7. The first-order valence-corrected chi connectivity index (χ1v) is 9.29. The molecule has 0 heterocycles. The molecule has 33 heavy (non-hydrogen) atoms. The van der Waals surface area contributed by atoms with Crippen molar-refractivity contribution in [2.75, 3.05) is 0 Å². The molecule has 0 saturated heterocycles. The van der Waals surface area contributed by atoms with Crippen LogP contribution in [0.4, 0.5) is 0 Å². The number of ether oxygens (including phenoxy) is 3. The third kappa shape index (κ3) is 4.69. The maximum absolute atomic E-state index is 13.3. The van der Waals surface area contributed by atoms with Gasteiger partial charge in [-0.3, -0.25) is 24.0 Å². The quantitative estimate of drug-likeness (QED) is 0.175. The Morgan fingerprint density at radius 2 is 1.52 bits per heavy atom. The van der Waals surface area contributed by atoms with Gasteiger partial charge in [-0.2, -0.15) is 0 Å². The van der Waals surface area contributed by atoms with E-state index in [4.69, 9.17) is 14.2 Å². The number of benzene rings is 2. The molecule has 12 heteroatoms. The van der Waals surface area contributed by atoms with Crippen LogP contribution >= 0.6 is 0 Å². The molecular weight excluding hydrogens is 442 g/mol. The van der Waals surface area contributed by atoms with Gasteiger partial charge in [-0.25, -0.2) is 4.79 Å². The van der Waals surface area contributed by atoms with Crippen LogP contribution in [0.2, 0.25) is 0 Å². The summed E-state index contributed by atoms with van der Waals surface area (Å²) in [5.74, 6) is -4.79. The second-order valence-corrected chi connectivity index (χ2v) is 6.72. The van der Waals surface area contributed by atoms with Gasteiger partial charge in [0.05, 0.1) is 16.7 Å². The Labute approximate surface area is 185 Å². The first kappa shape index (κ1) is 23.1. The number of fused-ring (bicyclic) bond motifs is 2. The van der Waals surface area contributed by atoms with E-state index in [1.165, 1.54) is 18.2 Å². The van der Waals surface area contributed by atoms with Gasteiger partial charge in [0.2, 0.25) is 12.1 Å². The molecule has 1 atom stereocenters. The summed E-state index contributed by atoms with van der Waals surface area (Å²) in [6, 6.07) is 6.06. The van der Waals surface area contributed by atoms with Crippen molar-refractivity contribution in [1.29, 1.82) is 0 Å². The van der Waals surface area contributed by atoms with Crippen LogP contribution in [0.25, 0.3) is 0 Å². The fraction of sp³-hybridized carbons (Fsp3) is 0.190. The number of carbonyl (C=O) groups excluding carboxylic acids is 5.